The van der Waals surface area contributed by atoms with Crippen LogP contribution in [-0.2, 0) is 4.79 Å². The molecule has 2 N–H and O–H groups in total. The summed E-state index contributed by atoms with van der Waals surface area (Å²) in [7, 11) is 8.83. The third kappa shape index (κ3) is 4.57. The second-order valence-corrected chi connectivity index (χ2v) is 9.61. The van der Waals surface area contributed by atoms with Gasteiger partial charge < -0.3 is 29.7 Å². The fourth-order valence-corrected chi connectivity index (χ4v) is 5.29. The average molecular weight is 500 g/mol. The average Bonchev–Trinajstić information content (AvgIpc) is 3.09. The molecule has 1 heterocycles. The number of ether oxygens (including phenoxy) is 3. The summed E-state index contributed by atoms with van der Waals surface area (Å²) in [6, 6.07) is 20.0. The van der Waals surface area contributed by atoms with E-state index in [2.05, 4.69) is 39.8 Å². The number of hydrogen-bond acceptors (Lipinski definition) is 7. The quantitative estimate of drug-likeness (QED) is 0.447. The molecule has 1 aliphatic carbocycles. The summed E-state index contributed by atoms with van der Waals surface area (Å²) in [4.78, 5) is 16.0. The summed E-state index contributed by atoms with van der Waals surface area (Å²) in [6.45, 7) is 0. The minimum absolute atomic E-state index is 0.0980. The summed E-state index contributed by atoms with van der Waals surface area (Å²) in [5.41, 5.74) is 6.72. The van der Waals surface area contributed by atoms with Crippen LogP contribution in [0.15, 0.2) is 71.9 Å². The first-order chi connectivity index (χ1) is 17.9. The predicted octanol–water partition coefficient (Wildman–Crippen LogP) is 5.76. The zero-order chi connectivity index (χ0) is 26.1. The predicted molar refractivity (Wildman–Crippen MR) is 147 cm³/mol. The number of fused-ring (bicyclic) bond motifs is 1. The molecule has 0 spiro atoms. The summed E-state index contributed by atoms with van der Waals surface area (Å²) in [6.07, 6.45) is 1.18. The number of Topliss-reactive ketones (excluding diaryl/α,β-unsaturated/α-hetero) is 1. The standard InChI is InChI=1S/C30H33N3O4/c1-33(2)21-12-10-18(11-13-21)19-14-24-28(25(34)15-19)29(32-23-9-7-6-8-22(23)31-24)20-16-26(35-3)30(37-5)27(17-20)36-4/h6-13,16-17,19,29,31-32H,14-15H2,1-5H3. The minimum atomic E-state index is -0.385. The van der Waals surface area contributed by atoms with Crippen LogP contribution >= 0.6 is 0 Å². The molecular formula is C30H33N3O4. The number of ketones is 1. The summed E-state index contributed by atoms with van der Waals surface area (Å²) < 4.78 is 16.8. The van der Waals surface area contributed by atoms with Gasteiger partial charge in [0.1, 0.15) is 0 Å². The van der Waals surface area contributed by atoms with Gasteiger partial charge in [-0.1, -0.05) is 24.3 Å². The van der Waals surface area contributed by atoms with Gasteiger partial charge in [0.05, 0.1) is 38.7 Å². The van der Waals surface area contributed by atoms with E-state index in [-0.39, 0.29) is 17.7 Å². The number of benzene rings is 3. The first-order valence-corrected chi connectivity index (χ1v) is 12.4. The van der Waals surface area contributed by atoms with Crippen LogP contribution in [0, 0.1) is 0 Å². The molecule has 2 unspecified atom stereocenters. The molecule has 7 heteroatoms. The monoisotopic (exact) mass is 499 g/mol. The van der Waals surface area contributed by atoms with Gasteiger partial charge in [-0.05, 0) is 59.9 Å². The molecule has 1 aliphatic heterocycles. The maximum atomic E-state index is 13.9. The Morgan fingerprint density at radius 2 is 1.46 bits per heavy atom. The first-order valence-electron chi connectivity index (χ1n) is 12.4. The second-order valence-electron chi connectivity index (χ2n) is 9.61. The molecule has 2 atom stereocenters. The normalized spacial score (nSPS) is 18.6. The number of anilines is 3. The zero-order valence-corrected chi connectivity index (χ0v) is 21.9. The van der Waals surface area contributed by atoms with Crippen LogP contribution in [0.1, 0.15) is 35.9 Å². The van der Waals surface area contributed by atoms with Gasteiger partial charge in [-0.25, -0.2) is 0 Å². The zero-order valence-electron chi connectivity index (χ0n) is 21.9. The van der Waals surface area contributed by atoms with Crippen LogP contribution < -0.4 is 29.7 Å². The Bertz CT molecular complexity index is 1320. The van der Waals surface area contributed by atoms with Gasteiger partial charge in [0.15, 0.2) is 17.3 Å². The fourth-order valence-electron chi connectivity index (χ4n) is 5.29. The van der Waals surface area contributed by atoms with E-state index in [0.717, 1.165) is 40.3 Å². The van der Waals surface area contributed by atoms with E-state index in [1.165, 1.54) is 5.56 Å². The molecule has 7 nitrogen and oxygen atoms in total. The Morgan fingerprint density at radius 3 is 2.05 bits per heavy atom. The van der Waals surface area contributed by atoms with Crippen LogP contribution in [0.2, 0.25) is 0 Å². The maximum absolute atomic E-state index is 13.9. The highest BCUT2D eigenvalue weighted by Crippen LogP contribution is 2.47. The van der Waals surface area contributed by atoms with Crippen LogP contribution in [0.4, 0.5) is 17.1 Å². The molecule has 2 aliphatic rings. The van der Waals surface area contributed by atoms with Crippen LogP contribution in [-0.4, -0.2) is 41.2 Å². The third-order valence-electron chi connectivity index (χ3n) is 7.21. The molecule has 0 aromatic heterocycles. The van der Waals surface area contributed by atoms with Gasteiger partial charge in [-0.3, -0.25) is 4.79 Å². The maximum Gasteiger partial charge on any atom is 0.203 e. The highest BCUT2D eigenvalue weighted by molar-refractivity contribution is 6.01. The van der Waals surface area contributed by atoms with Gasteiger partial charge >= 0.3 is 0 Å². The summed E-state index contributed by atoms with van der Waals surface area (Å²) in [5.74, 6) is 1.84. The fraction of sp³-hybridized carbons (Fsp3) is 0.300. The van der Waals surface area contributed by atoms with Gasteiger partial charge in [-0.2, -0.15) is 0 Å². The van der Waals surface area contributed by atoms with Crippen molar-refractivity contribution in [2.75, 3.05) is 51.0 Å². The van der Waals surface area contributed by atoms with Crippen molar-refractivity contribution in [2.24, 2.45) is 0 Å². The number of nitrogens with zero attached hydrogens (tertiary/aromatic N) is 1. The molecule has 0 bridgehead atoms. The summed E-state index contributed by atoms with van der Waals surface area (Å²) >= 11 is 0. The number of para-hydroxylation sites is 2. The lowest BCUT2D eigenvalue weighted by Gasteiger charge is -2.30. The van der Waals surface area contributed by atoms with Crippen molar-refractivity contribution in [3.8, 4) is 17.2 Å². The van der Waals surface area contributed by atoms with Crippen molar-refractivity contribution in [3.05, 3.63) is 83.1 Å². The molecular weight excluding hydrogens is 466 g/mol. The topological polar surface area (TPSA) is 72.1 Å². The summed E-state index contributed by atoms with van der Waals surface area (Å²) in [5, 5.41) is 7.22. The molecule has 0 saturated carbocycles. The lowest BCUT2D eigenvalue weighted by molar-refractivity contribution is -0.116. The Kier molecular flexibility index (Phi) is 6.70. The van der Waals surface area contributed by atoms with Crippen molar-refractivity contribution in [1.82, 2.24) is 0 Å². The van der Waals surface area contributed by atoms with Crippen molar-refractivity contribution >= 4 is 22.8 Å². The molecule has 3 aromatic carbocycles. The minimum Gasteiger partial charge on any atom is -0.493 e. The third-order valence-corrected chi connectivity index (χ3v) is 7.21. The first kappa shape index (κ1) is 24.6. The smallest absolute Gasteiger partial charge is 0.203 e. The molecule has 3 aromatic rings. The lowest BCUT2D eigenvalue weighted by atomic mass is 9.78. The van der Waals surface area contributed by atoms with Gasteiger partial charge in [0.25, 0.3) is 0 Å². The lowest BCUT2D eigenvalue weighted by Crippen LogP contribution is -2.27. The number of nitrogens with one attached hydrogen (secondary N) is 2. The van der Waals surface area contributed by atoms with Crippen molar-refractivity contribution in [1.29, 1.82) is 0 Å². The van der Waals surface area contributed by atoms with E-state index in [9.17, 15) is 4.79 Å². The van der Waals surface area contributed by atoms with Crippen LogP contribution in [0.3, 0.4) is 0 Å². The van der Waals surface area contributed by atoms with E-state index >= 15 is 0 Å². The van der Waals surface area contributed by atoms with E-state index in [1.54, 1.807) is 21.3 Å². The molecule has 0 amide bonds. The molecule has 0 radical (unpaired) electrons. The number of hydrogen-bond donors (Lipinski definition) is 2. The Morgan fingerprint density at radius 1 is 0.811 bits per heavy atom. The van der Waals surface area contributed by atoms with Crippen molar-refractivity contribution in [3.63, 3.8) is 0 Å². The van der Waals surface area contributed by atoms with E-state index < -0.39 is 0 Å². The molecule has 192 valence electrons. The Balaban J connectivity index is 1.60. The van der Waals surface area contributed by atoms with Crippen molar-refractivity contribution < 1.29 is 19.0 Å². The van der Waals surface area contributed by atoms with E-state index in [1.807, 2.05) is 50.5 Å². The van der Waals surface area contributed by atoms with Crippen molar-refractivity contribution in [2.45, 2.75) is 24.8 Å². The van der Waals surface area contributed by atoms with Gasteiger partial charge in [0, 0.05) is 37.5 Å². The largest absolute Gasteiger partial charge is 0.493 e. The Hall–Kier alpha value is -4.13. The second kappa shape index (κ2) is 10.1. The van der Waals surface area contributed by atoms with Crippen LogP contribution in [0.25, 0.3) is 0 Å². The number of allylic oxidation sites excluding steroid dienone is 1. The Labute approximate surface area is 218 Å². The molecule has 5 rings (SSSR count). The van der Waals surface area contributed by atoms with Gasteiger partial charge in [0.2, 0.25) is 5.75 Å². The number of rotatable bonds is 6. The van der Waals surface area contributed by atoms with E-state index in [4.69, 9.17) is 14.2 Å². The molecule has 0 saturated heterocycles. The number of carbonyl (C=O) groups excluding carboxylic acids is 1. The van der Waals surface area contributed by atoms with Crippen LogP contribution in [0.5, 0.6) is 17.2 Å². The molecule has 37 heavy (non-hydrogen) atoms. The SMILES string of the molecule is COc1cc(C2Nc3ccccc3NC3=C2C(=O)CC(c2ccc(N(C)C)cc2)C3)cc(OC)c1OC. The highest BCUT2D eigenvalue weighted by atomic mass is 16.5. The highest BCUT2D eigenvalue weighted by Gasteiger charge is 2.36. The van der Waals surface area contributed by atoms with E-state index in [0.29, 0.717) is 23.7 Å². The molecule has 0 fully saturated rings. The number of carbonyl (C=O) groups is 1. The van der Waals surface area contributed by atoms with Gasteiger partial charge in [-0.15, -0.1) is 0 Å². The number of methoxy groups -OCH3 is 3.